The lowest BCUT2D eigenvalue weighted by Gasteiger charge is -2.26. The maximum atomic E-state index is 6.05. The van der Waals surface area contributed by atoms with E-state index in [2.05, 4.69) is 55.4 Å². The number of morpholine rings is 1. The summed E-state index contributed by atoms with van der Waals surface area (Å²) in [6.07, 6.45) is 1.83. The zero-order chi connectivity index (χ0) is 22.9. The van der Waals surface area contributed by atoms with Crippen LogP contribution >= 0.6 is 0 Å². The molecule has 0 amide bonds. The van der Waals surface area contributed by atoms with Crippen molar-refractivity contribution >= 4 is 27.8 Å². The van der Waals surface area contributed by atoms with E-state index in [4.69, 9.17) is 15.2 Å². The topological polar surface area (TPSA) is 105 Å². The summed E-state index contributed by atoms with van der Waals surface area (Å²) in [7, 11) is 0. The van der Waals surface area contributed by atoms with Gasteiger partial charge in [-0.1, -0.05) is 18.2 Å². The van der Waals surface area contributed by atoms with Crippen molar-refractivity contribution in [2.24, 2.45) is 0 Å². The molecular formula is C26H26N6O2. The van der Waals surface area contributed by atoms with E-state index in [0.717, 1.165) is 82.9 Å². The van der Waals surface area contributed by atoms with Gasteiger partial charge in [0.25, 0.3) is 0 Å². The molecule has 1 saturated heterocycles. The van der Waals surface area contributed by atoms with Gasteiger partial charge in [-0.2, -0.15) is 5.10 Å². The lowest BCUT2D eigenvalue weighted by molar-refractivity contribution is 0.0322. The van der Waals surface area contributed by atoms with E-state index in [1.807, 2.05) is 30.5 Å². The molecule has 6 rings (SSSR count). The Kier molecular flexibility index (Phi) is 5.37. The second kappa shape index (κ2) is 8.81. The summed E-state index contributed by atoms with van der Waals surface area (Å²) < 4.78 is 11.5. The van der Waals surface area contributed by atoms with Crippen molar-refractivity contribution < 1.29 is 9.47 Å². The van der Waals surface area contributed by atoms with E-state index in [9.17, 15) is 0 Å². The van der Waals surface area contributed by atoms with Crippen molar-refractivity contribution in [3.8, 4) is 28.1 Å². The number of aromatic amines is 2. The van der Waals surface area contributed by atoms with Crippen molar-refractivity contribution in [2.75, 3.05) is 45.2 Å². The maximum absolute atomic E-state index is 6.05. The minimum Gasteiger partial charge on any atom is -0.492 e. The van der Waals surface area contributed by atoms with Gasteiger partial charge in [-0.15, -0.1) is 0 Å². The highest BCUT2D eigenvalue weighted by atomic mass is 16.5. The number of ether oxygens (including phenoxy) is 2. The Hall–Kier alpha value is -3.88. The fraction of sp³-hybridized carbons (Fsp3) is 0.231. The van der Waals surface area contributed by atoms with E-state index in [-0.39, 0.29) is 0 Å². The van der Waals surface area contributed by atoms with Crippen LogP contribution in [-0.4, -0.2) is 64.5 Å². The number of fused-ring (bicyclic) bond motifs is 2. The number of rotatable bonds is 6. The highest BCUT2D eigenvalue weighted by molar-refractivity contribution is 5.99. The van der Waals surface area contributed by atoms with E-state index >= 15 is 0 Å². The maximum Gasteiger partial charge on any atom is 0.153 e. The van der Waals surface area contributed by atoms with Gasteiger partial charge in [0, 0.05) is 47.9 Å². The van der Waals surface area contributed by atoms with Gasteiger partial charge in [0.1, 0.15) is 18.0 Å². The van der Waals surface area contributed by atoms with Crippen LogP contribution in [0.4, 0.5) is 5.82 Å². The van der Waals surface area contributed by atoms with Gasteiger partial charge in [0.05, 0.1) is 18.7 Å². The quantitative estimate of drug-likeness (QED) is 0.357. The number of benzene rings is 2. The standard InChI is InChI=1S/C26H26N6O2/c27-25-22-15-17(4-5-23(22)30-31-25)20-6-7-28-26-21(20)16-24(29-26)18-2-1-3-19(14-18)34-13-10-32-8-11-33-12-9-32/h1-7,14-16H,8-13H2,(H,28,29)(H3,27,30,31). The summed E-state index contributed by atoms with van der Waals surface area (Å²) in [5.41, 5.74) is 12.0. The van der Waals surface area contributed by atoms with E-state index in [1.54, 1.807) is 0 Å². The summed E-state index contributed by atoms with van der Waals surface area (Å²) in [4.78, 5) is 10.4. The molecule has 2 aromatic carbocycles. The first-order chi connectivity index (χ1) is 16.7. The molecule has 0 bridgehead atoms. The fourth-order valence-corrected chi connectivity index (χ4v) is 4.51. The number of nitrogens with two attached hydrogens (primary N) is 1. The lowest BCUT2D eigenvalue weighted by atomic mass is 10.0. The highest BCUT2D eigenvalue weighted by Crippen LogP contribution is 2.34. The Balaban J connectivity index is 1.27. The van der Waals surface area contributed by atoms with Gasteiger partial charge in [0.15, 0.2) is 5.82 Å². The average molecular weight is 455 g/mol. The normalized spacial score (nSPS) is 14.7. The molecule has 1 fully saturated rings. The third kappa shape index (κ3) is 3.98. The number of pyridine rings is 1. The van der Waals surface area contributed by atoms with Crippen molar-refractivity contribution in [3.05, 3.63) is 60.8 Å². The van der Waals surface area contributed by atoms with Crippen LogP contribution in [0.5, 0.6) is 5.75 Å². The molecule has 0 unspecified atom stereocenters. The summed E-state index contributed by atoms with van der Waals surface area (Å²) in [6, 6.07) is 18.5. The summed E-state index contributed by atoms with van der Waals surface area (Å²) in [5.74, 6) is 1.36. The SMILES string of the molecule is Nc1n[nH]c2ccc(-c3ccnc4[nH]c(-c5cccc(OCCN6CCOCC6)c5)cc34)cc12. The number of H-pyrrole nitrogens is 2. The zero-order valence-corrected chi connectivity index (χ0v) is 18.8. The van der Waals surface area contributed by atoms with Gasteiger partial charge >= 0.3 is 0 Å². The zero-order valence-electron chi connectivity index (χ0n) is 18.8. The van der Waals surface area contributed by atoms with Gasteiger partial charge in [-0.3, -0.25) is 10.00 Å². The van der Waals surface area contributed by atoms with Gasteiger partial charge in [-0.25, -0.2) is 4.98 Å². The molecule has 0 saturated carbocycles. The van der Waals surface area contributed by atoms with Crippen LogP contribution in [0.2, 0.25) is 0 Å². The van der Waals surface area contributed by atoms with Crippen LogP contribution in [0.3, 0.4) is 0 Å². The molecule has 0 aliphatic carbocycles. The molecule has 0 radical (unpaired) electrons. The van der Waals surface area contributed by atoms with E-state index < -0.39 is 0 Å². The number of nitrogens with one attached hydrogen (secondary N) is 2. The van der Waals surface area contributed by atoms with Gasteiger partial charge in [-0.05, 0) is 47.5 Å². The molecule has 0 spiro atoms. The minimum absolute atomic E-state index is 0.502. The van der Waals surface area contributed by atoms with Crippen LogP contribution in [-0.2, 0) is 4.74 Å². The largest absolute Gasteiger partial charge is 0.492 e. The first-order valence-electron chi connectivity index (χ1n) is 11.5. The Morgan fingerprint density at radius 3 is 2.82 bits per heavy atom. The summed E-state index contributed by atoms with van der Waals surface area (Å²) in [6.45, 7) is 5.09. The Labute approximate surface area is 196 Å². The average Bonchev–Trinajstić information content (AvgIpc) is 3.48. The molecule has 34 heavy (non-hydrogen) atoms. The van der Waals surface area contributed by atoms with Crippen molar-refractivity contribution in [2.45, 2.75) is 0 Å². The predicted octanol–water partition coefficient (Wildman–Crippen LogP) is 4.07. The lowest BCUT2D eigenvalue weighted by Crippen LogP contribution is -2.38. The number of nitrogen functional groups attached to an aromatic ring is 1. The first kappa shape index (κ1) is 20.7. The number of anilines is 1. The molecule has 3 aromatic heterocycles. The Morgan fingerprint density at radius 2 is 1.91 bits per heavy atom. The van der Waals surface area contributed by atoms with Crippen LogP contribution in [0.25, 0.3) is 44.3 Å². The van der Waals surface area contributed by atoms with Crippen molar-refractivity contribution in [1.29, 1.82) is 0 Å². The second-order valence-corrected chi connectivity index (χ2v) is 8.50. The molecule has 172 valence electrons. The monoisotopic (exact) mass is 454 g/mol. The Bertz CT molecular complexity index is 1450. The van der Waals surface area contributed by atoms with E-state index in [1.165, 1.54) is 0 Å². The molecule has 5 aromatic rings. The Morgan fingerprint density at radius 1 is 1.00 bits per heavy atom. The molecule has 8 nitrogen and oxygen atoms in total. The highest BCUT2D eigenvalue weighted by Gasteiger charge is 2.13. The number of hydrogen-bond donors (Lipinski definition) is 3. The third-order valence-electron chi connectivity index (χ3n) is 6.36. The smallest absolute Gasteiger partial charge is 0.153 e. The minimum atomic E-state index is 0.502. The summed E-state index contributed by atoms with van der Waals surface area (Å²) in [5, 5.41) is 9.03. The molecule has 4 heterocycles. The second-order valence-electron chi connectivity index (χ2n) is 8.50. The molecule has 8 heteroatoms. The molecule has 1 aliphatic rings. The van der Waals surface area contributed by atoms with Crippen molar-refractivity contribution in [1.82, 2.24) is 25.1 Å². The number of aromatic nitrogens is 4. The number of nitrogens with zero attached hydrogens (tertiary/aromatic N) is 3. The molecule has 0 atom stereocenters. The van der Waals surface area contributed by atoms with Crippen LogP contribution in [0.15, 0.2) is 60.8 Å². The predicted molar refractivity (Wildman–Crippen MR) is 134 cm³/mol. The van der Waals surface area contributed by atoms with Crippen LogP contribution < -0.4 is 10.5 Å². The van der Waals surface area contributed by atoms with Gasteiger partial charge < -0.3 is 20.2 Å². The fourth-order valence-electron chi connectivity index (χ4n) is 4.51. The van der Waals surface area contributed by atoms with Crippen LogP contribution in [0, 0.1) is 0 Å². The molecule has 1 aliphatic heterocycles. The van der Waals surface area contributed by atoms with Gasteiger partial charge in [0.2, 0.25) is 0 Å². The summed E-state index contributed by atoms with van der Waals surface area (Å²) >= 11 is 0. The number of hydrogen-bond acceptors (Lipinski definition) is 6. The van der Waals surface area contributed by atoms with E-state index in [0.29, 0.717) is 12.4 Å². The molecule has 4 N–H and O–H groups in total. The first-order valence-corrected chi connectivity index (χ1v) is 11.5. The van der Waals surface area contributed by atoms with Crippen molar-refractivity contribution in [3.63, 3.8) is 0 Å². The third-order valence-corrected chi connectivity index (χ3v) is 6.36. The van der Waals surface area contributed by atoms with Crippen LogP contribution in [0.1, 0.15) is 0 Å². The molecular weight excluding hydrogens is 428 g/mol.